The molecular weight excluding hydrogens is 266 g/mol. The number of nitrogens with one attached hydrogen (secondary N) is 3. The monoisotopic (exact) mass is 279 g/mol. The van der Waals surface area contributed by atoms with Gasteiger partial charge in [0, 0.05) is 12.4 Å². The van der Waals surface area contributed by atoms with E-state index in [-0.39, 0.29) is 5.76 Å². The molecule has 6 nitrogen and oxygen atoms in total. The van der Waals surface area contributed by atoms with E-state index in [0.717, 1.165) is 5.39 Å². The van der Waals surface area contributed by atoms with E-state index >= 15 is 0 Å². The quantitative estimate of drug-likeness (QED) is 0.566. The van der Waals surface area contributed by atoms with Crippen molar-refractivity contribution in [3.05, 3.63) is 30.0 Å². The van der Waals surface area contributed by atoms with Gasteiger partial charge in [0.05, 0.1) is 7.11 Å². The molecule has 1 aromatic heterocycles. The van der Waals surface area contributed by atoms with Crippen LogP contribution in [-0.2, 0) is 0 Å². The van der Waals surface area contributed by atoms with E-state index in [2.05, 4.69) is 16.2 Å². The molecule has 0 aliphatic rings. The highest BCUT2D eigenvalue weighted by atomic mass is 32.1. The van der Waals surface area contributed by atoms with Crippen molar-refractivity contribution >= 4 is 34.2 Å². The summed E-state index contributed by atoms with van der Waals surface area (Å²) in [5.41, 5.74) is 5.49. The number of rotatable bonds is 2. The van der Waals surface area contributed by atoms with Crippen molar-refractivity contribution in [3.63, 3.8) is 0 Å². The predicted octanol–water partition coefficient (Wildman–Crippen LogP) is 1.18. The number of fused-ring (bicyclic) bond motifs is 1. The van der Waals surface area contributed by atoms with Gasteiger partial charge in [0.2, 0.25) is 0 Å². The van der Waals surface area contributed by atoms with Crippen LogP contribution < -0.4 is 20.9 Å². The molecule has 2 rings (SSSR count). The lowest BCUT2D eigenvalue weighted by Crippen LogP contribution is -2.45. The molecule has 1 heterocycles. The number of carbonyl (C=O) groups excluding carboxylic acids is 1. The first-order valence-corrected chi connectivity index (χ1v) is 5.91. The molecule has 0 aliphatic heterocycles. The molecule has 1 amide bonds. The number of carbonyl (C=O) groups is 1. The molecule has 0 bridgehead atoms. The van der Waals surface area contributed by atoms with E-state index in [0.29, 0.717) is 16.4 Å². The molecule has 0 fully saturated rings. The first-order valence-electron chi connectivity index (χ1n) is 5.50. The SMILES string of the molecule is CNC(=S)NNC(=O)c1cc2cccc(OC)c2o1. The van der Waals surface area contributed by atoms with Crippen LogP contribution >= 0.6 is 12.2 Å². The third-order valence-corrected chi connectivity index (χ3v) is 2.77. The second-order valence-electron chi connectivity index (χ2n) is 3.65. The molecule has 1 aromatic carbocycles. The average Bonchev–Trinajstić information content (AvgIpc) is 2.88. The van der Waals surface area contributed by atoms with E-state index in [9.17, 15) is 4.79 Å². The van der Waals surface area contributed by atoms with Gasteiger partial charge in [-0.25, -0.2) is 0 Å². The van der Waals surface area contributed by atoms with Crippen LogP contribution in [0.2, 0.25) is 0 Å². The van der Waals surface area contributed by atoms with Crippen LogP contribution in [0.15, 0.2) is 28.7 Å². The standard InChI is InChI=1S/C12H13N3O3S/c1-13-12(19)15-14-11(16)9-6-7-4-3-5-8(17-2)10(7)18-9/h3-6H,1-2H3,(H,14,16)(H2,13,15,19). The fourth-order valence-electron chi connectivity index (χ4n) is 1.55. The summed E-state index contributed by atoms with van der Waals surface area (Å²) in [5.74, 6) is 0.331. The number of hydrazine groups is 1. The Labute approximate surface area is 115 Å². The minimum absolute atomic E-state index is 0.172. The Balaban J connectivity index is 2.21. The third-order valence-electron chi connectivity index (χ3n) is 2.47. The highest BCUT2D eigenvalue weighted by Gasteiger charge is 2.14. The Morgan fingerprint density at radius 1 is 1.37 bits per heavy atom. The van der Waals surface area contributed by atoms with Crippen molar-refractivity contribution in [2.75, 3.05) is 14.2 Å². The van der Waals surface area contributed by atoms with Crippen LogP contribution in [0, 0.1) is 0 Å². The maximum atomic E-state index is 11.8. The first kappa shape index (κ1) is 13.2. The zero-order valence-electron chi connectivity index (χ0n) is 10.4. The largest absolute Gasteiger partial charge is 0.493 e. The molecule has 100 valence electrons. The highest BCUT2D eigenvalue weighted by Crippen LogP contribution is 2.28. The fraction of sp³-hybridized carbons (Fsp3) is 0.167. The maximum Gasteiger partial charge on any atom is 0.305 e. The van der Waals surface area contributed by atoms with Gasteiger partial charge in [-0.3, -0.25) is 15.6 Å². The van der Waals surface area contributed by atoms with Crippen LogP contribution in [-0.4, -0.2) is 25.2 Å². The van der Waals surface area contributed by atoms with Crippen molar-refractivity contribution in [1.29, 1.82) is 0 Å². The van der Waals surface area contributed by atoms with Gasteiger partial charge < -0.3 is 14.5 Å². The number of hydrogen-bond acceptors (Lipinski definition) is 4. The Kier molecular flexibility index (Phi) is 3.86. The van der Waals surface area contributed by atoms with E-state index in [1.807, 2.05) is 12.1 Å². The van der Waals surface area contributed by atoms with Gasteiger partial charge in [-0.15, -0.1) is 0 Å². The summed E-state index contributed by atoms with van der Waals surface area (Å²) >= 11 is 4.84. The normalized spacial score (nSPS) is 10.0. The van der Waals surface area contributed by atoms with E-state index in [4.69, 9.17) is 21.4 Å². The number of thiocarbonyl (C=S) groups is 1. The summed E-state index contributed by atoms with van der Waals surface area (Å²) in [6, 6.07) is 7.07. The topological polar surface area (TPSA) is 75.5 Å². The van der Waals surface area contributed by atoms with Crippen LogP contribution in [0.25, 0.3) is 11.0 Å². The zero-order valence-corrected chi connectivity index (χ0v) is 11.3. The van der Waals surface area contributed by atoms with Crippen LogP contribution in [0.1, 0.15) is 10.6 Å². The number of ether oxygens (including phenoxy) is 1. The number of hydrogen-bond donors (Lipinski definition) is 3. The van der Waals surface area contributed by atoms with Crippen molar-refractivity contribution in [1.82, 2.24) is 16.2 Å². The Morgan fingerprint density at radius 2 is 2.16 bits per heavy atom. The highest BCUT2D eigenvalue weighted by molar-refractivity contribution is 7.80. The molecule has 0 spiro atoms. The molecule has 0 saturated carbocycles. The third kappa shape index (κ3) is 2.76. The zero-order chi connectivity index (χ0) is 13.8. The minimum Gasteiger partial charge on any atom is -0.493 e. The van der Waals surface area contributed by atoms with E-state index in [1.165, 1.54) is 0 Å². The van der Waals surface area contributed by atoms with E-state index < -0.39 is 5.91 Å². The second-order valence-corrected chi connectivity index (χ2v) is 4.06. The minimum atomic E-state index is -0.421. The summed E-state index contributed by atoms with van der Waals surface area (Å²) in [7, 11) is 3.19. The summed E-state index contributed by atoms with van der Waals surface area (Å²) in [6.07, 6.45) is 0. The van der Waals surface area contributed by atoms with Crippen molar-refractivity contribution in [2.45, 2.75) is 0 Å². The van der Waals surface area contributed by atoms with Gasteiger partial charge >= 0.3 is 5.91 Å². The van der Waals surface area contributed by atoms with Crippen molar-refractivity contribution in [2.24, 2.45) is 0 Å². The van der Waals surface area contributed by atoms with Gasteiger partial charge in [0.15, 0.2) is 22.2 Å². The lowest BCUT2D eigenvalue weighted by Gasteiger charge is -2.06. The van der Waals surface area contributed by atoms with Gasteiger partial charge in [-0.05, 0) is 24.4 Å². The lowest BCUT2D eigenvalue weighted by atomic mass is 10.2. The first-order chi connectivity index (χ1) is 9.15. The van der Waals surface area contributed by atoms with Crippen molar-refractivity contribution in [3.8, 4) is 5.75 Å². The van der Waals surface area contributed by atoms with Gasteiger partial charge in [-0.1, -0.05) is 12.1 Å². The summed E-state index contributed by atoms with van der Waals surface area (Å²) in [6.45, 7) is 0. The Morgan fingerprint density at radius 3 is 2.84 bits per heavy atom. The predicted molar refractivity (Wildman–Crippen MR) is 75.0 cm³/mol. The average molecular weight is 279 g/mol. The van der Waals surface area contributed by atoms with Gasteiger partial charge in [0.1, 0.15) is 0 Å². The molecule has 0 aliphatic carbocycles. The molecule has 7 heteroatoms. The number of benzene rings is 1. The van der Waals surface area contributed by atoms with Crippen molar-refractivity contribution < 1.29 is 13.9 Å². The van der Waals surface area contributed by atoms with E-state index in [1.54, 1.807) is 26.3 Å². The lowest BCUT2D eigenvalue weighted by molar-refractivity contribution is 0.0918. The summed E-state index contributed by atoms with van der Waals surface area (Å²) in [4.78, 5) is 11.8. The molecular formula is C12H13N3O3S. The smallest absolute Gasteiger partial charge is 0.305 e. The Bertz CT molecular complexity index is 624. The van der Waals surface area contributed by atoms with Crippen LogP contribution in [0.4, 0.5) is 0 Å². The molecule has 0 atom stereocenters. The summed E-state index contributed by atoms with van der Waals surface area (Å²) in [5, 5.41) is 3.77. The van der Waals surface area contributed by atoms with Crippen LogP contribution in [0.5, 0.6) is 5.75 Å². The number of amides is 1. The second kappa shape index (κ2) is 5.57. The molecule has 0 saturated heterocycles. The van der Waals surface area contributed by atoms with Gasteiger partial charge in [-0.2, -0.15) is 0 Å². The number of methoxy groups -OCH3 is 1. The Hall–Kier alpha value is -2.28. The van der Waals surface area contributed by atoms with Crippen LogP contribution in [0.3, 0.4) is 0 Å². The molecule has 2 aromatic rings. The number of para-hydroxylation sites is 1. The maximum absolute atomic E-state index is 11.8. The molecule has 3 N–H and O–H groups in total. The van der Waals surface area contributed by atoms with Gasteiger partial charge in [0.25, 0.3) is 0 Å². The molecule has 0 radical (unpaired) electrons. The molecule has 19 heavy (non-hydrogen) atoms. The molecule has 0 unspecified atom stereocenters. The number of furan rings is 1. The summed E-state index contributed by atoms with van der Waals surface area (Å²) < 4.78 is 10.6. The fourth-order valence-corrected chi connectivity index (χ4v) is 1.60.